The Morgan fingerprint density at radius 1 is 1.53 bits per heavy atom. The third-order valence-electron chi connectivity index (χ3n) is 2.26. The normalized spacial score (nSPS) is 11.3. The number of carbonyl (C=O) groups is 1. The highest BCUT2D eigenvalue weighted by molar-refractivity contribution is 6.33. The number of aromatic nitrogens is 1. The molecule has 0 amide bonds. The molecule has 94 valence electrons. The SMILES string of the molecule is CC(C)(C)CCNc1ncc(C(=O)O)cc1Cl. The minimum absolute atomic E-state index is 0.0939. The molecule has 0 aliphatic rings. The van der Waals surface area contributed by atoms with Gasteiger partial charge in [0.1, 0.15) is 5.82 Å². The van der Waals surface area contributed by atoms with Gasteiger partial charge in [-0.25, -0.2) is 9.78 Å². The van der Waals surface area contributed by atoms with Crippen molar-refractivity contribution in [1.82, 2.24) is 4.98 Å². The maximum Gasteiger partial charge on any atom is 0.337 e. The number of carboxylic acids is 1. The molecule has 1 aromatic heterocycles. The fourth-order valence-electron chi connectivity index (χ4n) is 1.24. The second-order valence-electron chi connectivity index (χ2n) is 5.10. The molecule has 0 aliphatic heterocycles. The number of aromatic carboxylic acids is 1. The Balaban J connectivity index is 2.64. The van der Waals surface area contributed by atoms with Gasteiger partial charge in [-0.05, 0) is 17.9 Å². The Labute approximate surface area is 106 Å². The smallest absolute Gasteiger partial charge is 0.337 e. The Hall–Kier alpha value is -1.29. The lowest BCUT2D eigenvalue weighted by atomic mass is 9.92. The third-order valence-corrected chi connectivity index (χ3v) is 2.54. The van der Waals surface area contributed by atoms with Crippen LogP contribution < -0.4 is 5.32 Å². The zero-order valence-electron chi connectivity index (χ0n) is 10.2. The maximum absolute atomic E-state index is 10.7. The maximum atomic E-state index is 10.7. The molecule has 0 atom stereocenters. The van der Waals surface area contributed by atoms with E-state index in [0.29, 0.717) is 10.8 Å². The van der Waals surface area contributed by atoms with Crippen LogP contribution in [0, 0.1) is 5.41 Å². The number of anilines is 1. The van der Waals surface area contributed by atoms with Crippen LogP contribution in [0.25, 0.3) is 0 Å². The number of halogens is 1. The van der Waals surface area contributed by atoms with Crippen LogP contribution in [0.1, 0.15) is 37.6 Å². The van der Waals surface area contributed by atoms with E-state index < -0.39 is 5.97 Å². The van der Waals surface area contributed by atoms with Gasteiger partial charge in [0.15, 0.2) is 0 Å². The number of rotatable bonds is 4. The summed E-state index contributed by atoms with van der Waals surface area (Å²) in [6.45, 7) is 7.20. The van der Waals surface area contributed by atoms with Gasteiger partial charge < -0.3 is 10.4 Å². The molecule has 5 heteroatoms. The monoisotopic (exact) mass is 256 g/mol. The molecule has 0 aliphatic carbocycles. The predicted molar refractivity (Wildman–Crippen MR) is 68.8 cm³/mol. The topological polar surface area (TPSA) is 62.2 Å². The highest BCUT2D eigenvalue weighted by Gasteiger charge is 2.11. The third kappa shape index (κ3) is 4.61. The van der Waals surface area contributed by atoms with Crippen molar-refractivity contribution in [2.24, 2.45) is 5.41 Å². The Bertz CT molecular complexity index is 413. The Kier molecular flexibility index (Phi) is 4.34. The van der Waals surface area contributed by atoms with E-state index in [1.165, 1.54) is 12.3 Å². The Morgan fingerprint density at radius 3 is 2.65 bits per heavy atom. The van der Waals surface area contributed by atoms with Crippen molar-refractivity contribution >= 4 is 23.4 Å². The van der Waals surface area contributed by atoms with Gasteiger partial charge in [0, 0.05) is 12.7 Å². The van der Waals surface area contributed by atoms with Crippen LogP contribution in [-0.2, 0) is 0 Å². The summed E-state index contributed by atoms with van der Waals surface area (Å²) in [7, 11) is 0. The molecule has 0 saturated carbocycles. The molecular formula is C12H17ClN2O2. The molecule has 0 fully saturated rings. The van der Waals surface area contributed by atoms with Crippen molar-refractivity contribution in [2.45, 2.75) is 27.2 Å². The van der Waals surface area contributed by atoms with E-state index in [4.69, 9.17) is 16.7 Å². The summed E-state index contributed by atoms with van der Waals surface area (Å²) in [5.74, 6) is -0.499. The van der Waals surface area contributed by atoms with E-state index >= 15 is 0 Å². The van der Waals surface area contributed by atoms with E-state index in [1.54, 1.807) is 0 Å². The first kappa shape index (κ1) is 13.8. The second-order valence-corrected chi connectivity index (χ2v) is 5.50. The highest BCUT2D eigenvalue weighted by Crippen LogP contribution is 2.22. The summed E-state index contributed by atoms with van der Waals surface area (Å²) in [5.41, 5.74) is 0.330. The molecule has 4 nitrogen and oxygen atoms in total. The van der Waals surface area contributed by atoms with Crippen molar-refractivity contribution in [3.8, 4) is 0 Å². The summed E-state index contributed by atoms with van der Waals surface area (Å²) in [5, 5.41) is 12.2. The van der Waals surface area contributed by atoms with Gasteiger partial charge in [-0.2, -0.15) is 0 Å². The fraction of sp³-hybridized carbons (Fsp3) is 0.500. The van der Waals surface area contributed by atoms with Crippen molar-refractivity contribution in [1.29, 1.82) is 0 Å². The van der Waals surface area contributed by atoms with E-state index in [-0.39, 0.29) is 11.0 Å². The quantitative estimate of drug-likeness (QED) is 0.868. The molecule has 17 heavy (non-hydrogen) atoms. The van der Waals surface area contributed by atoms with Crippen LogP contribution in [0.2, 0.25) is 5.02 Å². The number of nitrogens with one attached hydrogen (secondary N) is 1. The second kappa shape index (κ2) is 5.36. The zero-order chi connectivity index (χ0) is 13.1. The van der Waals surface area contributed by atoms with E-state index in [1.807, 2.05) is 0 Å². The van der Waals surface area contributed by atoms with Crippen LogP contribution in [0.5, 0.6) is 0 Å². The molecule has 0 saturated heterocycles. The summed E-state index contributed by atoms with van der Waals surface area (Å²) < 4.78 is 0. The van der Waals surface area contributed by atoms with E-state index in [0.717, 1.165) is 13.0 Å². The largest absolute Gasteiger partial charge is 0.478 e. The van der Waals surface area contributed by atoms with Gasteiger partial charge in [-0.15, -0.1) is 0 Å². The molecule has 0 aromatic carbocycles. The average Bonchev–Trinajstić information content (AvgIpc) is 2.18. The van der Waals surface area contributed by atoms with Crippen molar-refractivity contribution in [3.05, 3.63) is 22.8 Å². The van der Waals surface area contributed by atoms with E-state index in [2.05, 4.69) is 31.1 Å². The molecule has 1 aromatic rings. The van der Waals surface area contributed by atoms with E-state index in [9.17, 15) is 4.79 Å². The summed E-state index contributed by atoms with van der Waals surface area (Å²) in [4.78, 5) is 14.7. The predicted octanol–water partition coefficient (Wildman–Crippen LogP) is 3.28. The summed E-state index contributed by atoms with van der Waals surface area (Å²) in [6, 6.07) is 1.40. The highest BCUT2D eigenvalue weighted by atomic mass is 35.5. The number of pyridine rings is 1. The summed E-state index contributed by atoms with van der Waals surface area (Å²) >= 11 is 5.94. The lowest BCUT2D eigenvalue weighted by molar-refractivity contribution is 0.0696. The molecule has 1 rings (SSSR count). The van der Waals surface area contributed by atoms with Crippen molar-refractivity contribution < 1.29 is 9.90 Å². The van der Waals surface area contributed by atoms with Crippen LogP contribution in [0.4, 0.5) is 5.82 Å². The van der Waals surface area contributed by atoms with Crippen LogP contribution in [0.3, 0.4) is 0 Å². The first-order chi connectivity index (χ1) is 7.79. The molecule has 0 spiro atoms. The number of hydrogen-bond donors (Lipinski definition) is 2. The van der Waals surface area contributed by atoms with Gasteiger partial charge in [0.2, 0.25) is 0 Å². The van der Waals surface area contributed by atoms with Crippen molar-refractivity contribution in [3.63, 3.8) is 0 Å². The van der Waals surface area contributed by atoms with Gasteiger partial charge in [-0.3, -0.25) is 0 Å². The van der Waals surface area contributed by atoms with Crippen LogP contribution in [0.15, 0.2) is 12.3 Å². The van der Waals surface area contributed by atoms with Gasteiger partial charge in [-0.1, -0.05) is 32.4 Å². The Morgan fingerprint density at radius 2 is 2.18 bits per heavy atom. The van der Waals surface area contributed by atoms with Crippen molar-refractivity contribution in [2.75, 3.05) is 11.9 Å². The summed E-state index contributed by atoms with van der Waals surface area (Å²) in [6.07, 6.45) is 2.28. The number of nitrogens with zero attached hydrogens (tertiary/aromatic N) is 1. The molecule has 0 bridgehead atoms. The van der Waals surface area contributed by atoms with Crippen LogP contribution in [-0.4, -0.2) is 22.6 Å². The average molecular weight is 257 g/mol. The standard InChI is InChI=1S/C12H17ClN2O2/c1-12(2,3)4-5-14-10-9(13)6-8(7-15-10)11(16)17/h6-7H,4-5H2,1-3H3,(H,14,15)(H,16,17). The van der Waals surface area contributed by atoms with Gasteiger partial charge >= 0.3 is 5.97 Å². The molecule has 1 heterocycles. The first-order valence-electron chi connectivity index (χ1n) is 5.42. The fourth-order valence-corrected chi connectivity index (χ4v) is 1.47. The molecular weight excluding hydrogens is 240 g/mol. The van der Waals surface area contributed by atoms with Gasteiger partial charge in [0.05, 0.1) is 10.6 Å². The molecule has 0 unspecified atom stereocenters. The van der Waals surface area contributed by atoms with Crippen LogP contribution >= 0.6 is 11.6 Å². The minimum Gasteiger partial charge on any atom is -0.478 e. The number of hydrogen-bond acceptors (Lipinski definition) is 3. The van der Waals surface area contributed by atoms with Gasteiger partial charge in [0.25, 0.3) is 0 Å². The minimum atomic E-state index is -1.03. The molecule has 0 radical (unpaired) electrons. The zero-order valence-corrected chi connectivity index (χ0v) is 11.0. The molecule has 2 N–H and O–H groups in total. The lowest BCUT2D eigenvalue weighted by Crippen LogP contribution is -2.13. The lowest BCUT2D eigenvalue weighted by Gasteiger charge is -2.18. The first-order valence-corrected chi connectivity index (χ1v) is 5.80. The number of carboxylic acid groups (broad SMARTS) is 1.